The van der Waals surface area contributed by atoms with E-state index >= 15 is 0 Å². The van der Waals surface area contributed by atoms with E-state index in [-0.39, 0.29) is 24.2 Å². The molecule has 6 nitrogen and oxygen atoms in total. The van der Waals surface area contributed by atoms with E-state index in [0.29, 0.717) is 47.0 Å². The predicted molar refractivity (Wildman–Crippen MR) is 121 cm³/mol. The van der Waals surface area contributed by atoms with Gasteiger partial charge in [-0.15, -0.1) is 0 Å². The van der Waals surface area contributed by atoms with E-state index in [1.807, 2.05) is 0 Å². The van der Waals surface area contributed by atoms with Gasteiger partial charge in [-0.25, -0.2) is 4.39 Å². The Morgan fingerprint density at radius 2 is 1.81 bits per heavy atom. The number of thioether (sulfide) groups is 1. The lowest BCUT2D eigenvalue weighted by Crippen LogP contribution is -2.42. The molecule has 0 aromatic heterocycles. The third-order valence-corrected chi connectivity index (χ3v) is 6.08. The van der Waals surface area contributed by atoms with Gasteiger partial charge in [0.2, 0.25) is 0 Å². The molecule has 2 fully saturated rings. The van der Waals surface area contributed by atoms with Gasteiger partial charge in [0.1, 0.15) is 11.6 Å². The Morgan fingerprint density at radius 1 is 1.13 bits per heavy atom. The number of ether oxygens (including phenoxy) is 2. The molecule has 0 aliphatic carbocycles. The Labute approximate surface area is 188 Å². The molecular weight excluding hydrogens is 439 g/mol. The first kappa shape index (κ1) is 21.5. The van der Waals surface area contributed by atoms with Gasteiger partial charge in [0, 0.05) is 13.1 Å². The molecule has 2 aromatic carbocycles. The van der Waals surface area contributed by atoms with Crippen LogP contribution in [-0.2, 0) is 14.3 Å². The first-order valence-electron chi connectivity index (χ1n) is 9.63. The summed E-state index contributed by atoms with van der Waals surface area (Å²) in [7, 11) is 0. The highest BCUT2D eigenvalue weighted by Crippen LogP contribution is 2.36. The normalized spacial score (nSPS) is 18.0. The van der Waals surface area contributed by atoms with Crippen LogP contribution in [-0.4, -0.2) is 53.9 Å². The largest absolute Gasteiger partial charge is 0.484 e. The minimum absolute atomic E-state index is 0.0321. The Balaban J connectivity index is 1.38. The van der Waals surface area contributed by atoms with Crippen molar-refractivity contribution >= 4 is 51.9 Å². The fraction of sp³-hybridized carbons (Fsp3) is 0.227. The van der Waals surface area contributed by atoms with Crippen molar-refractivity contribution in [3.8, 4) is 5.75 Å². The van der Waals surface area contributed by atoms with Crippen LogP contribution in [0.15, 0.2) is 53.4 Å². The fourth-order valence-electron chi connectivity index (χ4n) is 3.14. The van der Waals surface area contributed by atoms with Crippen LogP contribution < -0.4 is 9.64 Å². The molecule has 4 rings (SSSR count). The smallest absolute Gasteiger partial charge is 0.270 e. The number of anilines is 1. The number of nitrogens with zero attached hydrogens (tertiary/aromatic N) is 2. The zero-order valence-electron chi connectivity index (χ0n) is 16.5. The van der Waals surface area contributed by atoms with Crippen molar-refractivity contribution in [2.24, 2.45) is 0 Å². The Kier molecular flexibility index (Phi) is 6.64. The summed E-state index contributed by atoms with van der Waals surface area (Å²) in [5.41, 5.74) is 1.33. The Bertz CT molecular complexity index is 1020. The molecule has 0 spiro atoms. The number of hydrogen-bond donors (Lipinski definition) is 0. The van der Waals surface area contributed by atoms with Crippen molar-refractivity contribution in [2.75, 3.05) is 37.8 Å². The van der Waals surface area contributed by atoms with E-state index in [4.69, 9.17) is 21.7 Å². The maximum atomic E-state index is 13.2. The molecule has 2 aliphatic heterocycles. The highest BCUT2D eigenvalue weighted by Gasteiger charge is 2.33. The van der Waals surface area contributed by atoms with Gasteiger partial charge in [-0.2, -0.15) is 0 Å². The highest BCUT2D eigenvalue weighted by molar-refractivity contribution is 8.27. The summed E-state index contributed by atoms with van der Waals surface area (Å²) in [6.45, 7) is 2.23. The molecule has 0 saturated carbocycles. The Morgan fingerprint density at radius 3 is 2.48 bits per heavy atom. The second-order valence-electron chi connectivity index (χ2n) is 6.84. The van der Waals surface area contributed by atoms with Gasteiger partial charge in [0.25, 0.3) is 11.8 Å². The van der Waals surface area contributed by atoms with Crippen molar-refractivity contribution in [3.63, 3.8) is 0 Å². The molecule has 2 aliphatic rings. The van der Waals surface area contributed by atoms with E-state index in [1.54, 1.807) is 35.2 Å². The maximum absolute atomic E-state index is 13.2. The maximum Gasteiger partial charge on any atom is 0.270 e. The molecule has 31 heavy (non-hydrogen) atoms. The van der Waals surface area contributed by atoms with Crippen molar-refractivity contribution in [1.29, 1.82) is 0 Å². The first-order valence-corrected chi connectivity index (χ1v) is 10.9. The fourth-order valence-corrected chi connectivity index (χ4v) is 4.44. The van der Waals surface area contributed by atoms with Crippen molar-refractivity contribution in [2.45, 2.75) is 0 Å². The van der Waals surface area contributed by atoms with Gasteiger partial charge >= 0.3 is 0 Å². The van der Waals surface area contributed by atoms with Crippen LogP contribution in [0, 0.1) is 5.82 Å². The van der Waals surface area contributed by atoms with Crippen molar-refractivity contribution in [1.82, 2.24) is 4.90 Å². The summed E-state index contributed by atoms with van der Waals surface area (Å²) in [5.74, 6) is -0.133. The molecule has 2 amide bonds. The number of thiocarbonyl (C=S) groups is 1. The number of carbonyl (C=O) groups excluding carboxylic acids is 2. The average Bonchev–Trinajstić information content (AvgIpc) is 3.07. The minimum atomic E-state index is -0.376. The molecule has 0 atom stereocenters. The van der Waals surface area contributed by atoms with Gasteiger partial charge in [-0.05, 0) is 48.0 Å². The van der Waals surface area contributed by atoms with Crippen LogP contribution in [0.2, 0.25) is 0 Å². The molecule has 0 bridgehead atoms. The molecule has 0 radical (unpaired) electrons. The zero-order valence-corrected chi connectivity index (χ0v) is 18.1. The van der Waals surface area contributed by atoms with Gasteiger partial charge in [0.05, 0.1) is 23.8 Å². The van der Waals surface area contributed by atoms with E-state index in [0.717, 1.165) is 5.56 Å². The number of rotatable bonds is 5. The molecule has 160 valence electrons. The summed E-state index contributed by atoms with van der Waals surface area (Å²) >= 11 is 6.52. The monoisotopic (exact) mass is 458 g/mol. The van der Waals surface area contributed by atoms with Crippen molar-refractivity contribution < 1.29 is 23.5 Å². The third-order valence-electron chi connectivity index (χ3n) is 4.78. The summed E-state index contributed by atoms with van der Waals surface area (Å²) in [5, 5.41) is 0. The van der Waals surface area contributed by atoms with Gasteiger partial charge in [-0.1, -0.05) is 36.1 Å². The predicted octanol–water partition coefficient (Wildman–Crippen LogP) is 3.47. The number of morpholine rings is 1. The second-order valence-corrected chi connectivity index (χ2v) is 8.52. The van der Waals surface area contributed by atoms with Crippen molar-refractivity contribution in [3.05, 3.63) is 64.8 Å². The third kappa shape index (κ3) is 5.12. The topological polar surface area (TPSA) is 59.1 Å². The molecule has 2 aromatic rings. The van der Waals surface area contributed by atoms with Gasteiger partial charge in [0.15, 0.2) is 10.9 Å². The molecule has 0 N–H and O–H groups in total. The van der Waals surface area contributed by atoms with E-state index in [1.165, 1.54) is 40.9 Å². The van der Waals surface area contributed by atoms with Crippen LogP contribution >= 0.6 is 24.0 Å². The highest BCUT2D eigenvalue weighted by atomic mass is 32.2. The van der Waals surface area contributed by atoms with E-state index in [2.05, 4.69) is 0 Å². The Hall–Kier alpha value is -2.75. The average molecular weight is 459 g/mol. The summed E-state index contributed by atoms with van der Waals surface area (Å²) in [6.07, 6.45) is 1.74. The minimum Gasteiger partial charge on any atom is -0.484 e. The van der Waals surface area contributed by atoms with Crippen LogP contribution in [0.4, 0.5) is 10.1 Å². The molecule has 2 saturated heterocycles. The zero-order chi connectivity index (χ0) is 21.8. The van der Waals surface area contributed by atoms with E-state index in [9.17, 15) is 14.0 Å². The van der Waals surface area contributed by atoms with E-state index < -0.39 is 0 Å². The summed E-state index contributed by atoms with van der Waals surface area (Å²) in [4.78, 5) is 28.5. The lowest BCUT2D eigenvalue weighted by atomic mass is 10.2. The SMILES string of the molecule is O=C(COc1ccc(/C=C2\SC(=S)N(c3ccc(F)cc3)C2=O)cc1)N1CCOCC1. The standard InChI is InChI=1S/C22H19FN2O4S2/c23-16-3-5-17(6-4-16)25-21(27)19(31-22(25)30)13-15-1-7-18(8-2-15)29-14-20(26)24-9-11-28-12-10-24/h1-8,13H,9-12,14H2/b19-13-. The number of hydrogen-bond acceptors (Lipinski definition) is 6. The lowest BCUT2D eigenvalue weighted by Gasteiger charge is -2.26. The quantitative estimate of drug-likeness (QED) is 0.505. The first-order chi connectivity index (χ1) is 15.0. The summed E-state index contributed by atoms with van der Waals surface area (Å²) < 4.78 is 24.4. The van der Waals surface area contributed by atoms with Gasteiger partial charge in [-0.3, -0.25) is 14.5 Å². The number of amides is 2. The van der Waals surface area contributed by atoms with Crippen LogP contribution in [0.25, 0.3) is 6.08 Å². The van der Waals surface area contributed by atoms with Gasteiger partial charge < -0.3 is 14.4 Å². The number of benzene rings is 2. The second kappa shape index (κ2) is 9.59. The van der Waals surface area contributed by atoms with Crippen LogP contribution in [0.5, 0.6) is 5.75 Å². The lowest BCUT2D eigenvalue weighted by molar-refractivity contribution is -0.137. The molecule has 9 heteroatoms. The summed E-state index contributed by atoms with van der Waals surface area (Å²) in [6, 6.07) is 12.7. The molecule has 2 heterocycles. The molecular formula is C22H19FN2O4S2. The number of carbonyl (C=O) groups is 2. The van der Waals surface area contributed by atoms with Crippen LogP contribution in [0.3, 0.4) is 0 Å². The van der Waals surface area contributed by atoms with Crippen LogP contribution in [0.1, 0.15) is 5.56 Å². The molecule has 0 unspecified atom stereocenters. The number of halogens is 1.